The summed E-state index contributed by atoms with van der Waals surface area (Å²) in [7, 11) is 1.87. The second-order valence-electron chi connectivity index (χ2n) is 2.70. The van der Waals surface area contributed by atoms with Crippen LogP contribution < -0.4 is 5.32 Å². The second-order valence-corrected chi connectivity index (χ2v) is 2.70. The molecule has 1 heterocycles. The molecule has 0 aromatic carbocycles. The van der Waals surface area contributed by atoms with E-state index in [1.165, 1.54) is 0 Å². The van der Waals surface area contributed by atoms with Gasteiger partial charge in [-0.2, -0.15) is 0 Å². The van der Waals surface area contributed by atoms with Crippen molar-refractivity contribution in [3.8, 4) is 0 Å². The predicted octanol–water partition coefficient (Wildman–Crippen LogP) is -0.173. The Hall–Kier alpha value is -0.570. The van der Waals surface area contributed by atoms with E-state index in [2.05, 4.69) is 12.2 Å². The molecule has 3 nitrogen and oxygen atoms in total. The zero-order valence-electron chi connectivity index (χ0n) is 6.55. The van der Waals surface area contributed by atoms with Crippen LogP contribution in [0.1, 0.15) is 13.3 Å². The fourth-order valence-corrected chi connectivity index (χ4v) is 1.23. The van der Waals surface area contributed by atoms with Gasteiger partial charge in [-0.15, -0.1) is 0 Å². The van der Waals surface area contributed by atoms with Crippen molar-refractivity contribution in [2.45, 2.75) is 19.4 Å². The number of likely N-dealkylation sites (N-methyl/N-ethyl adjacent to an activating group) is 1. The maximum atomic E-state index is 11.0. The normalized spacial score (nSPS) is 27.2. The molecule has 10 heavy (non-hydrogen) atoms. The summed E-state index contributed by atoms with van der Waals surface area (Å²) in [6.45, 7) is 3.55. The number of carbonyl (C=O) groups excluding carboxylic acids is 1. The van der Waals surface area contributed by atoms with Gasteiger partial charge in [0.05, 0.1) is 6.54 Å². The number of rotatable bonds is 1. The molecule has 1 fully saturated rings. The summed E-state index contributed by atoms with van der Waals surface area (Å²) >= 11 is 0. The Balaban J connectivity index is 2.51. The van der Waals surface area contributed by atoms with Crippen molar-refractivity contribution in [3.63, 3.8) is 0 Å². The Bertz CT molecular complexity index is 136. The highest BCUT2D eigenvalue weighted by atomic mass is 16.2. The average Bonchev–Trinajstić information content (AvgIpc) is 1.95. The summed E-state index contributed by atoms with van der Waals surface area (Å²) in [5, 5.41) is 3.07. The van der Waals surface area contributed by atoms with E-state index in [0.717, 1.165) is 13.0 Å². The molecule has 1 aliphatic heterocycles. The maximum Gasteiger partial charge on any atom is 0.236 e. The van der Waals surface area contributed by atoms with Crippen LogP contribution in [0.4, 0.5) is 0 Å². The van der Waals surface area contributed by atoms with Gasteiger partial charge >= 0.3 is 0 Å². The minimum atomic E-state index is 0.207. The van der Waals surface area contributed by atoms with E-state index in [0.29, 0.717) is 12.6 Å². The molecular formula is C7H14N2O. The van der Waals surface area contributed by atoms with Gasteiger partial charge in [0.15, 0.2) is 0 Å². The van der Waals surface area contributed by atoms with Gasteiger partial charge in [-0.3, -0.25) is 4.79 Å². The summed E-state index contributed by atoms with van der Waals surface area (Å²) in [6, 6.07) is 0.404. The summed E-state index contributed by atoms with van der Waals surface area (Å²) in [6.07, 6.45) is 1.04. The fourth-order valence-electron chi connectivity index (χ4n) is 1.23. The topological polar surface area (TPSA) is 32.3 Å². The highest BCUT2D eigenvalue weighted by Gasteiger charge is 2.21. The van der Waals surface area contributed by atoms with Crippen molar-refractivity contribution in [2.24, 2.45) is 0 Å². The van der Waals surface area contributed by atoms with E-state index in [1.54, 1.807) is 0 Å². The molecule has 1 unspecified atom stereocenters. The van der Waals surface area contributed by atoms with Crippen LogP contribution in [-0.4, -0.2) is 37.0 Å². The first-order valence-corrected chi connectivity index (χ1v) is 3.72. The Morgan fingerprint density at radius 3 is 3.00 bits per heavy atom. The van der Waals surface area contributed by atoms with Crippen molar-refractivity contribution in [1.82, 2.24) is 10.2 Å². The lowest BCUT2D eigenvalue weighted by Crippen LogP contribution is -2.52. The van der Waals surface area contributed by atoms with Crippen LogP contribution in [-0.2, 0) is 4.79 Å². The number of piperazine rings is 1. The largest absolute Gasteiger partial charge is 0.340 e. The number of nitrogens with one attached hydrogen (secondary N) is 1. The van der Waals surface area contributed by atoms with Crippen molar-refractivity contribution < 1.29 is 4.79 Å². The summed E-state index contributed by atoms with van der Waals surface area (Å²) in [4.78, 5) is 12.9. The van der Waals surface area contributed by atoms with Crippen LogP contribution in [0.3, 0.4) is 0 Å². The Morgan fingerprint density at radius 1 is 1.80 bits per heavy atom. The molecule has 1 N–H and O–H groups in total. The van der Waals surface area contributed by atoms with E-state index >= 15 is 0 Å². The summed E-state index contributed by atoms with van der Waals surface area (Å²) in [5.74, 6) is 0.207. The molecule has 1 atom stereocenters. The zero-order valence-corrected chi connectivity index (χ0v) is 6.55. The quantitative estimate of drug-likeness (QED) is 0.551. The van der Waals surface area contributed by atoms with E-state index < -0.39 is 0 Å². The lowest BCUT2D eigenvalue weighted by molar-refractivity contribution is -0.133. The van der Waals surface area contributed by atoms with E-state index in [1.807, 2.05) is 11.9 Å². The SMILES string of the molecule is CCC1CNCC(=O)N1C. The number of amides is 1. The molecule has 0 saturated carbocycles. The van der Waals surface area contributed by atoms with Crippen LogP contribution in [0.25, 0.3) is 0 Å². The molecule has 0 aromatic heterocycles. The van der Waals surface area contributed by atoms with E-state index in [-0.39, 0.29) is 5.91 Å². The number of hydrogen-bond acceptors (Lipinski definition) is 2. The van der Waals surface area contributed by atoms with Crippen molar-refractivity contribution in [1.29, 1.82) is 0 Å². The monoisotopic (exact) mass is 142 g/mol. The molecule has 1 amide bonds. The van der Waals surface area contributed by atoms with Crippen LogP contribution in [0.2, 0.25) is 0 Å². The summed E-state index contributed by atoms with van der Waals surface area (Å²) < 4.78 is 0. The van der Waals surface area contributed by atoms with Gasteiger partial charge in [0.25, 0.3) is 0 Å². The predicted molar refractivity (Wildman–Crippen MR) is 39.7 cm³/mol. The third-order valence-corrected chi connectivity index (χ3v) is 2.07. The third-order valence-electron chi connectivity index (χ3n) is 2.07. The molecule has 1 saturated heterocycles. The Morgan fingerprint density at radius 2 is 2.50 bits per heavy atom. The molecule has 0 radical (unpaired) electrons. The number of nitrogens with zero attached hydrogens (tertiary/aromatic N) is 1. The van der Waals surface area contributed by atoms with Crippen molar-refractivity contribution in [2.75, 3.05) is 20.1 Å². The van der Waals surface area contributed by atoms with Crippen molar-refractivity contribution in [3.05, 3.63) is 0 Å². The number of carbonyl (C=O) groups is 1. The fraction of sp³-hybridized carbons (Fsp3) is 0.857. The van der Waals surface area contributed by atoms with Gasteiger partial charge in [-0.25, -0.2) is 0 Å². The average molecular weight is 142 g/mol. The first-order valence-electron chi connectivity index (χ1n) is 3.72. The molecule has 1 aliphatic rings. The van der Waals surface area contributed by atoms with Crippen LogP contribution in [0.15, 0.2) is 0 Å². The molecule has 0 spiro atoms. The highest BCUT2D eigenvalue weighted by Crippen LogP contribution is 2.03. The van der Waals surface area contributed by atoms with Crippen molar-refractivity contribution >= 4 is 5.91 Å². The molecule has 58 valence electrons. The van der Waals surface area contributed by atoms with Gasteiger partial charge in [0.2, 0.25) is 5.91 Å². The molecular weight excluding hydrogens is 128 g/mol. The first kappa shape index (κ1) is 7.54. The van der Waals surface area contributed by atoms with Gasteiger partial charge in [-0.1, -0.05) is 6.92 Å². The van der Waals surface area contributed by atoms with Crippen LogP contribution >= 0.6 is 0 Å². The highest BCUT2D eigenvalue weighted by molar-refractivity contribution is 5.79. The van der Waals surface area contributed by atoms with E-state index in [4.69, 9.17) is 0 Å². The van der Waals surface area contributed by atoms with Gasteiger partial charge in [-0.05, 0) is 6.42 Å². The smallest absolute Gasteiger partial charge is 0.236 e. The van der Waals surface area contributed by atoms with Crippen LogP contribution in [0.5, 0.6) is 0 Å². The molecule has 0 aromatic rings. The van der Waals surface area contributed by atoms with Gasteiger partial charge in [0, 0.05) is 19.6 Å². The van der Waals surface area contributed by atoms with Crippen LogP contribution in [0, 0.1) is 0 Å². The van der Waals surface area contributed by atoms with Gasteiger partial charge in [0.1, 0.15) is 0 Å². The Labute approximate surface area is 61.4 Å². The maximum absolute atomic E-state index is 11.0. The molecule has 1 rings (SSSR count). The lowest BCUT2D eigenvalue weighted by atomic mass is 10.1. The van der Waals surface area contributed by atoms with Gasteiger partial charge < -0.3 is 10.2 Å². The molecule has 0 bridgehead atoms. The van der Waals surface area contributed by atoms with E-state index in [9.17, 15) is 4.79 Å². The third kappa shape index (κ3) is 1.29. The standard InChI is InChI=1S/C7H14N2O/c1-3-6-4-8-5-7(10)9(6)2/h6,8H,3-5H2,1-2H3. The first-order chi connectivity index (χ1) is 4.75. The zero-order chi connectivity index (χ0) is 7.56. The number of hydrogen-bond donors (Lipinski definition) is 1. The Kier molecular flexibility index (Phi) is 2.27. The summed E-state index contributed by atoms with van der Waals surface area (Å²) in [5.41, 5.74) is 0. The second kappa shape index (κ2) is 3.01. The minimum Gasteiger partial charge on any atom is -0.340 e. The molecule has 0 aliphatic carbocycles. The molecule has 3 heteroatoms. The minimum absolute atomic E-state index is 0.207. The lowest BCUT2D eigenvalue weighted by Gasteiger charge is -2.32.